The van der Waals surface area contributed by atoms with E-state index < -0.39 is 0 Å². The minimum Gasteiger partial charge on any atom is -0.380 e. The summed E-state index contributed by atoms with van der Waals surface area (Å²) in [5, 5.41) is 1.24. The van der Waals surface area contributed by atoms with Crippen molar-refractivity contribution in [1.29, 1.82) is 0 Å². The van der Waals surface area contributed by atoms with Crippen LogP contribution in [0.15, 0.2) is 60.3 Å². The summed E-state index contributed by atoms with van der Waals surface area (Å²) in [6.07, 6.45) is 7.46. The van der Waals surface area contributed by atoms with Crippen LogP contribution in [-0.4, -0.2) is 30.3 Å². The van der Waals surface area contributed by atoms with Gasteiger partial charge in [-0.2, -0.15) is 0 Å². The molecule has 0 radical (unpaired) electrons. The van der Waals surface area contributed by atoms with Gasteiger partial charge < -0.3 is 4.74 Å². The number of pyridine rings is 1. The SMILES string of the molecule is C=c1ncc(Cc2ccc(F)cc2)c/c1=C(\C=C\C(C)=O)/C=C(\COC)C(=O)CC. The minimum atomic E-state index is -0.285. The van der Waals surface area contributed by atoms with Crippen LogP contribution in [0.4, 0.5) is 4.39 Å². The molecular weight excluding hydrogens is 381 g/mol. The Morgan fingerprint density at radius 3 is 2.47 bits per heavy atom. The maximum Gasteiger partial charge on any atom is 0.160 e. The Bertz CT molecular complexity index is 1080. The third-order valence-electron chi connectivity index (χ3n) is 4.47. The molecule has 0 aliphatic rings. The highest BCUT2D eigenvalue weighted by Gasteiger charge is 2.08. The lowest BCUT2D eigenvalue weighted by atomic mass is 10.0. The van der Waals surface area contributed by atoms with Gasteiger partial charge in [-0.05, 0) is 60.4 Å². The number of nitrogens with zero attached hydrogens (tertiary/aromatic N) is 1. The number of halogens is 1. The number of hydrogen-bond acceptors (Lipinski definition) is 4. The minimum absolute atomic E-state index is 0.0355. The van der Waals surface area contributed by atoms with E-state index in [2.05, 4.69) is 11.6 Å². The molecule has 5 heteroatoms. The van der Waals surface area contributed by atoms with Crippen LogP contribution in [0.5, 0.6) is 0 Å². The standard InChI is InChI=1S/C25H26FNO3/c1-5-25(29)22(16-30-4)14-21(9-6-17(2)28)24-13-20(15-27-18(24)3)12-19-7-10-23(26)11-8-19/h6-11,13-15H,3,5,12,16H2,1-2,4H3/b9-6+,22-14+,24-21-. The van der Waals surface area contributed by atoms with Crippen molar-refractivity contribution in [3.05, 3.63) is 87.8 Å². The Labute approximate surface area is 176 Å². The van der Waals surface area contributed by atoms with E-state index in [0.717, 1.165) is 11.1 Å². The molecule has 156 valence electrons. The highest BCUT2D eigenvalue weighted by molar-refractivity contribution is 5.98. The quantitative estimate of drug-likeness (QED) is 0.600. The molecule has 0 aliphatic carbocycles. The second-order valence-electron chi connectivity index (χ2n) is 6.92. The molecular formula is C25H26FNO3. The van der Waals surface area contributed by atoms with E-state index in [-0.39, 0.29) is 24.0 Å². The molecule has 0 saturated heterocycles. The summed E-state index contributed by atoms with van der Waals surface area (Å²) < 4.78 is 18.4. The van der Waals surface area contributed by atoms with E-state index in [9.17, 15) is 14.0 Å². The van der Waals surface area contributed by atoms with Gasteiger partial charge in [0.25, 0.3) is 0 Å². The Morgan fingerprint density at radius 1 is 1.17 bits per heavy atom. The topological polar surface area (TPSA) is 56.3 Å². The number of rotatable bonds is 9. The number of ketones is 2. The molecule has 0 aliphatic heterocycles. The van der Waals surface area contributed by atoms with Gasteiger partial charge in [-0.3, -0.25) is 14.6 Å². The van der Waals surface area contributed by atoms with Gasteiger partial charge >= 0.3 is 0 Å². The number of allylic oxidation sites excluding steroid dienone is 3. The first-order valence-electron chi connectivity index (χ1n) is 9.68. The fourth-order valence-corrected chi connectivity index (χ4v) is 2.92. The van der Waals surface area contributed by atoms with Gasteiger partial charge in [0.2, 0.25) is 0 Å². The number of methoxy groups -OCH3 is 1. The number of ether oxygens (including phenoxy) is 1. The molecule has 0 N–H and O–H groups in total. The molecule has 2 aromatic rings. The van der Waals surface area contributed by atoms with E-state index >= 15 is 0 Å². The first kappa shape index (κ1) is 23.1. The van der Waals surface area contributed by atoms with Gasteiger partial charge in [0, 0.05) is 30.5 Å². The number of aromatic nitrogens is 1. The Balaban J connectivity index is 2.64. The smallest absolute Gasteiger partial charge is 0.160 e. The van der Waals surface area contributed by atoms with Crippen molar-refractivity contribution < 1.29 is 18.7 Å². The number of benzene rings is 1. The Morgan fingerprint density at radius 2 is 1.87 bits per heavy atom. The third kappa shape index (κ3) is 6.71. The largest absolute Gasteiger partial charge is 0.380 e. The maximum absolute atomic E-state index is 13.2. The second kappa shape index (κ2) is 11.1. The van der Waals surface area contributed by atoms with Crippen molar-refractivity contribution in [3.63, 3.8) is 0 Å². The van der Waals surface area contributed by atoms with Crippen LogP contribution in [0.2, 0.25) is 0 Å². The first-order chi connectivity index (χ1) is 14.3. The van der Waals surface area contributed by atoms with E-state index in [1.165, 1.54) is 32.2 Å². The van der Waals surface area contributed by atoms with Gasteiger partial charge in [0.05, 0.1) is 12.0 Å². The van der Waals surface area contributed by atoms with Gasteiger partial charge in [-0.1, -0.05) is 31.7 Å². The van der Waals surface area contributed by atoms with Crippen LogP contribution in [0.25, 0.3) is 12.2 Å². The van der Waals surface area contributed by atoms with Crippen LogP contribution in [-0.2, 0) is 20.7 Å². The highest BCUT2D eigenvalue weighted by atomic mass is 19.1. The summed E-state index contributed by atoms with van der Waals surface area (Å²) in [4.78, 5) is 28.2. The molecule has 0 fully saturated rings. The van der Waals surface area contributed by atoms with Crippen molar-refractivity contribution in [2.45, 2.75) is 26.7 Å². The molecule has 0 unspecified atom stereocenters. The number of carbonyl (C=O) groups is 2. The molecule has 0 atom stereocenters. The average molecular weight is 407 g/mol. The van der Waals surface area contributed by atoms with Gasteiger partial charge in [0.1, 0.15) is 5.82 Å². The number of hydrogen-bond donors (Lipinski definition) is 0. The first-order valence-corrected chi connectivity index (χ1v) is 9.68. The molecule has 0 bridgehead atoms. The lowest BCUT2D eigenvalue weighted by Crippen LogP contribution is -2.29. The van der Waals surface area contributed by atoms with Crippen molar-refractivity contribution in [3.8, 4) is 0 Å². The Hall–Kier alpha value is -3.18. The zero-order valence-corrected chi connectivity index (χ0v) is 17.6. The zero-order chi connectivity index (χ0) is 22.1. The van der Waals surface area contributed by atoms with Gasteiger partial charge in [-0.15, -0.1) is 0 Å². The van der Waals surface area contributed by atoms with Crippen molar-refractivity contribution in [2.75, 3.05) is 13.7 Å². The molecule has 4 nitrogen and oxygen atoms in total. The fourth-order valence-electron chi connectivity index (χ4n) is 2.92. The predicted octanol–water partition coefficient (Wildman–Crippen LogP) is 3.07. The van der Waals surface area contributed by atoms with Crippen LogP contribution in [0, 0.1) is 5.82 Å². The predicted molar refractivity (Wildman–Crippen MR) is 117 cm³/mol. The summed E-state index contributed by atoms with van der Waals surface area (Å²) >= 11 is 0. The normalized spacial score (nSPS) is 12.9. The van der Waals surface area contributed by atoms with E-state index in [0.29, 0.717) is 34.6 Å². The summed E-state index contributed by atoms with van der Waals surface area (Å²) in [6, 6.07) is 8.22. The molecule has 1 aromatic carbocycles. The van der Waals surface area contributed by atoms with Crippen LogP contribution in [0.1, 0.15) is 31.4 Å². The van der Waals surface area contributed by atoms with Crippen molar-refractivity contribution >= 4 is 23.7 Å². The summed E-state index contributed by atoms with van der Waals surface area (Å²) in [7, 11) is 1.53. The lowest BCUT2D eigenvalue weighted by molar-refractivity contribution is -0.116. The molecule has 0 spiro atoms. The van der Waals surface area contributed by atoms with Crippen molar-refractivity contribution in [2.24, 2.45) is 0 Å². The monoisotopic (exact) mass is 407 g/mol. The average Bonchev–Trinajstić information content (AvgIpc) is 2.72. The molecule has 1 heterocycles. The zero-order valence-electron chi connectivity index (χ0n) is 17.6. The van der Waals surface area contributed by atoms with Crippen LogP contribution >= 0.6 is 0 Å². The summed E-state index contributed by atoms with van der Waals surface area (Å²) in [5.74, 6) is -0.435. The van der Waals surface area contributed by atoms with Crippen LogP contribution in [0.3, 0.4) is 0 Å². The summed E-state index contributed by atoms with van der Waals surface area (Å²) in [5.41, 5.74) is 3.00. The molecule has 30 heavy (non-hydrogen) atoms. The fraction of sp³-hybridized carbons (Fsp3) is 0.240. The molecule has 1 aromatic heterocycles. The van der Waals surface area contributed by atoms with E-state index in [1.54, 1.807) is 37.4 Å². The van der Waals surface area contributed by atoms with Crippen LogP contribution < -0.4 is 10.6 Å². The third-order valence-corrected chi connectivity index (χ3v) is 4.47. The number of Topliss-reactive ketones (excluding diaryl/α,β-unsaturated/α-hetero) is 1. The van der Waals surface area contributed by atoms with E-state index in [1.807, 2.05) is 6.07 Å². The highest BCUT2D eigenvalue weighted by Crippen LogP contribution is 2.11. The van der Waals surface area contributed by atoms with Crippen molar-refractivity contribution in [1.82, 2.24) is 4.98 Å². The second-order valence-corrected chi connectivity index (χ2v) is 6.92. The Kier molecular flexibility index (Phi) is 8.56. The molecule has 0 saturated carbocycles. The van der Waals surface area contributed by atoms with Gasteiger partial charge in [0.15, 0.2) is 11.6 Å². The van der Waals surface area contributed by atoms with Gasteiger partial charge in [-0.25, -0.2) is 4.39 Å². The molecule has 0 amide bonds. The maximum atomic E-state index is 13.2. The lowest BCUT2D eigenvalue weighted by Gasteiger charge is -2.07. The van der Waals surface area contributed by atoms with E-state index in [4.69, 9.17) is 4.74 Å². The molecule has 2 rings (SSSR count). The summed E-state index contributed by atoms with van der Waals surface area (Å²) in [6.45, 7) is 7.41. The number of carbonyl (C=O) groups excluding carboxylic acids is 2.